The number of hydrogen-bond donors (Lipinski definition) is 1. The van der Waals surface area contributed by atoms with Crippen LogP contribution in [0.4, 0.5) is 5.13 Å². The number of anilines is 1. The molecule has 1 aromatic heterocycles. The van der Waals surface area contributed by atoms with E-state index in [0.29, 0.717) is 6.04 Å². The minimum atomic E-state index is 0.285. The Morgan fingerprint density at radius 2 is 2.17 bits per heavy atom. The summed E-state index contributed by atoms with van der Waals surface area (Å²) in [6.07, 6.45) is 0.569. The smallest absolute Gasteiger partial charge is 0.185 e. The maximum Gasteiger partial charge on any atom is 0.185 e. The van der Waals surface area contributed by atoms with Gasteiger partial charge < -0.3 is 15.0 Å². The minimum absolute atomic E-state index is 0.285. The van der Waals surface area contributed by atoms with Crippen LogP contribution in [0.25, 0.3) is 0 Å². The summed E-state index contributed by atoms with van der Waals surface area (Å²) >= 11 is 1.73. The van der Waals surface area contributed by atoms with E-state index < -0.39 is 0 Å². The normalized spacial score (nSPS) is 26.3. The number of nitrogens with one attached hydrogen (secondary N) is 1. The van der Waals surface area contributed by atoms with Gasteiger partial charge in [0.2, 0.25) is 0 Å². The molecule has 0 spiro atoms. The quantitative estimate of drug-likeness (QED) is 0.911. The molecular weight excluding hydrogens is 246 g/mol. The number of rotatable bonds is 4. The SMILES string of the molecule is CCNC(C)c1csc(N2CC(C)OC(C)C2)n1. The van der Waals surface area contributed by atoms with Crippen molar-refractivity contribution < 1.29 is 4.74 Å². The van der Waals surface area contributed by atoms with Gasteiger partial charge in [-0.15, -0.1) is 11.3 Å². The number of thiazole rings is 1. The van der Waals surface area contributed by atoms with Crippen molar-refractivity contribution in [1.29, 1.82) is 0 Å². The zero-order valence-electron chi connectivity index (χ0n) is 11.6. The number of nitrogens with zero attached hydrogens (tertiary/aromatic N) is 2. The molecule has 1 fully saturated rings. The van der Waals surface area contributed by atoms with Gasteiger partial charge in [0, 0.05) is 24.5 Å². The van der Waals surface area contributed by atoms with Crippen molar-refractivity contribution in [3.05, 3.63) is 11.1 Å². The first kappa shape index (κ1) is 13.8. The lowest BCUT2D eigenvalue weighted by molar-refractivity contribution is -0.00523. The third-order valence-electron chi connectivity index (χ3n) is 3.15. The lowest BCUT2D eigenvalue weighted by atomic mass is 10.2. The van der Waals surface area contributed by atoms with Gasteiger partial charge in [0.25, 0.3) is 0 Å². The second-order valence-electron chi connectivity index (χ2n) is 5.00. The van der Waals surface area contributed by atoms with Crippen LogP contribution in [-0.2, 0) is 4.74 Å². The van der Waals surface area contributed by atoms with Crippen LogP contribution in [0.3, 0.4) is 0 Å². The van der Waals surface area contributed by atoms with Crippen molar-refractivity contribution in [3.8, 4) is 0 Å². The van der Waals surface area contributed by atoms with Gasteiger partial charge >= 0.3 is 0 Å². The first-order valence-corrected chi connectivity index (χ1v) is 7.57. The van der Waals surface area contributed by atoms with Crippen LogP contribution >= 0.6 is 11.3 Å². The van der Waals surface area contributed by atoms with Crippen molar-refractivity contribution in [2.45, 2.75) is 45.9 Å². The van der Waals surface area contributed by atoms with Gasteiger partial charge in [-0.25, -0.2) is 4.98 Å². The van der Waals surface area contributed by atoms with Crippen LogP contribution in [0.15, 0.2) is 5.38 Å². The van der Waals surface area contributed by atoms with Gasteiger partial charge in [0.1, 0.15) is 0 Å². The second-order valence-corrected chi connectivity index (χ2v) is 5.83. The fraction of sp³-hybridized carbons (Fsp3) is 0.769. The molecular formula is C13H23N3OS. The summed E-state index contributed by atoms with van der Waals surface area (Å²) in [7, 11) is 0. The van der Waals surface area contributed by atoms with E-state index in [0.717, 1.165) is 30.5 Å². The third-order valence-corrected chi connectivity index (χ3v) is 4.07. The van der Waals surface area contributed by atoms with E-state index in [-0.39, 0.29) is 12.2 Å². The predicted molar refractivity (Wildman–Crippen MR) is 76.4 cm³/mol. The Kier molecular flexibility index (Phi) is 4.59. The van der Waals surface area contributed by atoms with E-state index in [1.807, 2.05) is 0 Å². The summed E-state index contributed by atoms with van der Waals surface area (Å²) in [5, 5.41) is 6.68. The molecule has 1 aliphatic heterocycles. The topological polar surface area (TPSA) is 37.4 Å². The standard InChI is InChI=1S/C13H23N3OS/c1-5-14-11(4)12-8-18-13(15-12)16-6-9(2)17-10(3)7-16/h8-11,14H,5-7H2,1-4H3. The van der Waals surface area contributed by atoms with Gasteiger partial charge in [-0.1, -0.05) is 6.92 Å². The first-order chi connectivity index (χ1) is 8.60. The molecule has 102 valence electrons. The van der Waals surface area contributed by atoms with E-state index in [2.05, 4.69) is 43.3 Å². The molecule has 0 amide bonds. The number of ether oxygens (including phenoxy) is 1. The molecule has 1 aliphatic rings. The zero-order valence-corrected chi connectivity index (χ0v) is 12.5. The molecule has 1 saturated heterocycles. The van der Waals surface area contributed by atoms with Crippen LogP contribution in [0.2, 0.25) is 0 Å². The van der Waals surface area contributed by atoms with Crippen molar-refractivity contribution in [1.82, 2.24) is 10.3 Å². The largest absolute Gasteiger partial charge is 0.372 e. The fourth-order valence-corrected chi connectivity index (χ4v) is 3.30. The number of hydrogen-bond acceptors (Lipinski definition) is 5. The molecule has 18 heavy (non-hydrogen) atoms. The van der Waals surface area contributed by atoms with Crippen LogP contribution in [-0.4, -0.2) is 36.8 Å². The molecule has 0 bridgehead atoms. The number of aromatic nitrogens is 1. The first-order valence-electron chi connectivity index (χ1n) is 6.69. The lowest BCUT2D eigenvalue weighted by Gasteiger charge is -2.35. The Morgan fingerprint density at radius 3 is 2.78 bits per heavy atom. The minimum Gasteiger partial charge on any atom is -0.372 e. The summed E-state index contributed by atoms with van der Waals surface area (Å²) < 4.78 is 5.75. The summed E-state index contributed by atoms with van der Waals surface area (Å²) in [5.41, 5.74) is 1.14. The summed E-state index contributed by atoms with van der Waals surface area (Å²) in [4.78, 5) is 7.09. The molecule has 3 atom stereocenters. The Balaban J connectivity index is 2.05. The van der Waals surface area contributed by atoms with Gasteiger partial charge in [-0.3, -0.25) is 0 Å². The Morgan fingerprint density at radius 1 is 1.50 bits per heavy atom. The number of morpholine rings is 1. The van der Waals surface area contributed by atoms with Gasteiger partial charge in [-0.05, 0) is 27.3 Å². The lowest BCUT2D eigenvalue weighted by Crippen LogP contribution is -2.45. The summed E-state index contributed by atoms with van der Waals surface area (Å²) in [6.45, 7) is 11.4. The molecule has 1 aromatic rings. The Hall–Kier alpha value is -0.650. The van der Waals surface area contributed by atoms with Crippen LogP contribution < -0.4 is 10.2 Å². The maximum atomic E-state index is 5.75. The molecule has 2 rings (SSSR count). The van der Waals surface area contributed by atoms with Crippen molar-refractivity contribution in [3.63, 3.8) is 0 Å². The molecule has 5 heteroatoms. The van der Waals surface area contributed by atoms with E-state index in [1.165, 1.54) is 0 Å². The summed E-state index contributed by atoms with van der Waals surface area (Å²) in [5.74, 6) is 0. The Bertz CT molecular complexity index is 372. The molecule has 0 aliphatic carbocycles. The molecule has 0 radical (unpaired) electrons. The molecule has 4 nitrogen and oxygen atoms in total. The van der Waals surface area contributed by atoms with Crippen LogP contribution in [0.5, 0.6) is 0 Å². The van der Waals surface area contributed by atoms with Crippen molar-refractivity contribution >= 4 is 16.5 Å². The third kappa shape index (κ3) is 3.22. The van der Waals surface area contributed by atoms with Crippen molar-refractivity contribution in [2.75, 3.05) is 24.5 Å². The van der Waals surface area contributed by atoms with Crippen molar-refractivity contribution in [2.24, 2.45) is 0 Å². The average Bonchev–Trinajstić information content (AvgIpc) is 2.77. The monoisotopic (exact) mass is 269 g/mol. The second kappa shape index (κ2) is 5.99. The molecule has 0 saturated carbocycles. The van der Waals surface area contributed by atoms with Gasteiger partial charge in [0.05, 0.1) is 17.9 Å². The van der Waals surface area contributed by atoms with E-state index >= 15 is 0 Å². The highest BCUT2D eigenvalue weighted by Crippen LogP contribution is 2.26. The van der Waals surface area contributed by atoms with Gasteiger partial charge in [0.15, 0.2) is 5.13 Å². The highest BCUT2D eigenvalue weighted by molar-refractivity contribution is 7.13. The molecule has 2 heterocycles. The maximum absolute atomic E-state index is 5.75. The Labute approximate surface area is 113 Å². The average molecular weight is 269 g/mol. The zero-order chi connectivity index (χ0) is 13.1. The van der Waals surface area contributed by atoms with Gasteiger partial charge in [-0.2, -0.15) is 0 Å². The highest BCUT2D eigenvalue weighted by Gasteiger charge is 2.24. The van der Waals surface area contributed by atoms with Crippen LogP contribution in [0, 0.1) is 0 Å². The van der Waals surface area contributed by atoms with E-state index in [9.17, 15) is 0 Å². The fourth-order valence-electron chi connectivity index (χ4n) is 2.37. The molecule has 3 unspecified atom stereocenters. The van der Waals surface area contributed by atoms with Crippen LogP contribution in [0.1, 0.15) is 39.4 Å². The molecule has 1 N–H and O–H groups in total. The van der Waals surface area contributed by atoms with E-state index in [1.54, 1.807) is 11.3 Å². The summed E-state index contributed by atoms with van der Waals surface area (Å²) in [6, 6.07) is 0.330. The van der Waals surface area contributed by atoms with E-state index in [4.69, 9.17) is 9.72 Å². The highest BCUT2D eigenvalue weighted by atomic mass is 32.1. The molecule has 0 aromatic carbocycles. The predicted octanol–water partition coefficient (Wildman–Crippen LogP) is 2.43.